The number of rotatable bonds is 7. The molecule has 2 saturated carbocycles. The van der Waals surface area contributed by atoms with E-state index in [0.717, 1.165) is 16.6 Å². The van der Waals surface area contributed by atoms with Gasteiger partial charge in [0.2, 0.25) is 0 Å². The highest BCUT2D eigenvalue weighted by Gasteiger charge is 2.26. The van der Waals surface area contributed by atoms with E-state index in [1.54, 1.807) is 6.20 Å². The van der Waals surface area contributed by atoms with Crippen molar-refractivity contribution in [3.63, 3.8) is 0 Å². The maximum Gasteiger partial charge on any atom is 0.0962 e. The SMILES string of the molecule is CNC1CCC(c2ncc(-c3ccc(Nc4cccnc4)cc3SC3CC3)s2)CC1. The van der Waals surface area contributed by atoms with Crippen LogP contribution in [-0.2, 0) is 0 Å². The van der Waals surface area contributed by atoms with Crippen LogP contribution in [0.2, 0.25) is 0 Å². The Labute approximate surface area is 186 Å². The third-order valence-electron chi connectivity index (χ3n) is 6.02. The summed E-state index contributed by atoms with van der Waals surface area (Å²) in [5, 5.41) is 9.01. The minimum atomic E-state index is 0.624. The summed E-state index contributed by atoms with van der Waals surface area (Å²) in [5.74, 6) is 0.624. The standard InChI is InChI=1S/C24H28N4S2/c1-25-17-6-4-16(5-7-17)24-27-15-23(30-24)21-11-8-18(13-22(21)29-20-9-10-20)28-19-3-2-12-26-14-19/h2-3,8,11-17,20,25,28H,4-7,9-10H2,1H3. The second-order valence-corrected chi connectivity index (χ2v) is 10.7. The van der Waals surface area contributed by atoms with Crippen molar-refractivity contribution >= 4 is 34.5 Å². The van der Waals surface area contributed by atoms with Crippen LogP contribution in [0.3, 0.4) is 0 Å². The molecule has 0 atom stereocenters. The third kappa shape index (κ3) is 4.71. The van der Waals surface area contributed by atoms with Crippen LogP contribution in [0.4, 0.5) is 11.4 Å². The first-order valence-corrected chi connectivity index (χ1v) is 12.6. The predicted octanol–water partition coefficient (Wildman–Crippen LogP) is 6.45. The number of nitrogens with one attached hydrogen (secondary N) is 2. The molecule has 1 aromatic carbocycles. The van der Waals surface area contributed by atoms with Crippen LogP contribution in [-0.4, -0.2) is 28.3 Å². The largest absolute Gasteiger partial charge is 0.354 e. The average Bonchev–Trinajstić information content (AvgIpc) is 3.47. The van der Waals surface area contributed by atoms with E-state index in [4.69, 9.17) is 4.98 Å². The van der Waals surface area contributed by atoms with Gasteiger partial charge in [-0.15, -0.1) is 23.1 Å². The number of hydrogen-bond donors (Lipinski definition) is 2. The topological polar surface area (TPSA) is 49.8 Å². The summed E-state index contributed by atoms with van der Waals surface area (Å²) < 4.78 is 0. The summed E-state index contributed by atoms with van der Waals surface area (Å²) >= 11 is 3.92. The fraction of sp³-hybridized carbons (Fsp3) is 0.417. The van der Waals surface area contributed by atoms with Crippen LogP contribution in [0.5, 0.6) is 0 Å². The Hall–Kier alpha value is -1.89. The quantitative estimate of drug-likeness (QED) is 0.446. The highest BCUT2D eigenvalue weighted by atomic mass is 32.2. The number of anilines is 2. The molecule has 0 saturated heterocycles. The van der Waals surface area contributed by atoms with Gasteiger partial charge in [-0.3, -0.25) is 4.98 Å². The summed E-state index contributed by atoms with van der Waals surface area (Å²) in [6.07, 6.45) is 13.4. The molecule has 3 aromatic rings. The molecule has 6 heteroatoms. The lowest BCUT2D eigenvalue weighted by Crippen LogP contribution is -2.29. The summed E-state index contributed by atoms with van der Waals surface area (Å²) in [5.41, 5.74) is 3.46. The van der Waals surface area contributed by atoms with Gasteiger partial charge in [-0.2, -0.15) is 0 Å². The zero-order valence-electron chi connectivity index (χ0n) is 17.3. The molecule has 30 heavy (non-hydrogen) atoms. The van der Waals surface area contributed by atoms with Crippen molar-refractivity contribution in [2.24, 2.45) is 0 Å². The summed E-state index contributed by atoms with van der Waals surface area (Å²) in [4.78, 5) is 11.7. The van der Waals surface area contributed by atoms with Gasteiger partial charge in [0.15, 0.2) is 0 Å². The number of pyridine rings is 1. The van der Waals surface area contributed by atoms with Crippen LogP contribution in [0.1, 0.15) is 49.5 Å². The maximum atomic E-state index is 4.86. The van der Waals surface area contributed by atoms with E-state index >= 15 is 0 Å². The van der Waals surface area contributed by atoms with Crippen LogP contribution in [0.15, 0.2) is 53.8 Å². The fourth-order valence-corrected chi connectivity index (χ4v) is 6.52. The first kappa shape index (κ1) is 20.0. The van der Waals surface area contributed by atoms with Gasteiger partial charge in [0.25, 0.3) is 0 Å². The number of nitrogens with zero attached hydrogens (tertiary/aromatic N) is 2. The van der Waals surface area contributed by atoms with Crippen LogP contribution in [0.25, 0.3) is 10.4 Å². The van der Waals surface area contributed by atoms with Crippen LogP contribution < -0.4 is 10.6 Å². The normalized spacial score (nSPS) is 21.5. The molecule has 156 valence electrons. The fourth-order valence-electron chi connectivity index (χ4n) is 4.10. The second-order valence-electron chi connectivity index (χ2n) is 8.29. The zero-order chi connectivity index (χ0) is 20.3. The lowest BCUT2D eigenvalue weighted by Gasteiger charge is -2.26. The minimum Gasteiger partial charge on any atom is -0.354 e. The molecule has 4 nitrogen and oxygen atoms in total. The Morgan fingerprint density at radius 3 is 2.60 bits per heavy atom. The number of thioether (sulfide) groups is 1. The molecule has 2 aliphatic carbocycles. The van der Waals surface area contributed by atoms with Crippen molar-refractivity contribution in [2.45, 2.75) is 60.6 Å². The highest BCUT2D eigenvalue weighted by molar-refractivity contribution is 8.00. The highest BCUT2D eigenvalue weighted by Crippen LogP contribution is 2.46. The molecule has 2 aromatic heterocycles. The first-order valence-electron chi connectivity index (χ1n) is 10.9. The zero-order valence-corrected chi connectivity index (χ0v) is 18.9. The molecule has 2 N–H and O–H groups in total. The van der Waals surface area contributed by atoms with Gasteiger partial charge in [0.1, 0.15) is 0 Å². The van der Waals surface area contributed by atoms with Crippen molar-refractivity contribution in [1.82, 2.24) is 15.3 Å². The third-order valence-corrected chi connectivity index (χ3v) is 8.61. The number of benzene rings is 1. The number of aromatic nitrogens is 2. The predicted molar refractivity (Wildman–Crippen MR) is 128 cm³/mol. The van der Waals surface area contributed by atoms with Crippen molar-refractivity contribution in [2.75, 3.05) is 12.4 Å². The van der Waals surface area contributed by atoms with Gasteiger partial charge in [-0.05, 0) is 69.8 Å². The Bertz CT molecular complexity index is 976. The van der Waals surface area contributed by atoms with E-state index in [1.165, 1.54) is 58.9 Å². The molecule has 5 rings (SSSR count). The summed E-state index contributed by atoms with van der Waals surface area (Å²) in [7, 11) is 2.08. The van der Waals surface area contributed by atoms with Gasteiger partial charge in [0, 0.05) is 45.7 Å². The molecule has 2 fully saturated rings. The molecule has 0 bridgehead atoms. The first-order chi connectivity index (χ1) is 14.8. The minimum absolute atomic E-state index is 0.624. The van der Waals surface area contributed by atoms with E-state index in [1.807, 2.05) is 41.4 Å². The second kappa shape index (κ2) is 9.08. The monoisotopic (exact) mass is 436 g/mol. The van der Waals surface area contributed by atoms with Crippen molar-refractivity contribution in [1.29, 1.82) is 0 Å². The van der Waals surface area contributed by atoms with Gasteiger partial charge >= 0.3 is 0 Å². The Balaban J connectivity index is 1.37. The molecule has 0 spiro atoms. The van der Waals surface area contributed by atoms with E-state index in [0.29, 0.717) is 12.0 Å². The Morgan fingerprint density at radius 2 is 1.87 bits per heavy atom. The summed E-state index contributed by atoms with van der Waals surface area (Å²) in [6.45, 7) is 0. The van der Waals surface area contributed by atoms with E-state index in [2.05, 4.69) is 47.1 Å². The molecule has 0 aliphatic heterocycles. The lowest BCUT2D eigenvalue weighted by atomic mass is 9.86. The van der Waals surface area contributed by atoms with Gasteiger partial charge < -0.3 is 10.6 Å². The molecule has 0 radical (unpaired) electrons. The number of hydrogen-bond acceptors (Lipinski definition) is 6. The Morgan fingerprint density at radius 1 is 1.00 bits per heavy atom. The Kier molecular flexibility index (Phi) is 6.07. The lowest BCUT2D eigenvalue weighted by molar-refractivity contribution is 0.358. The molecule has 0 amide bonds. The van der Waals surface area contributed by atoms with Crippen LogP contribution in [0, 0.1) is 0 Å². The molecular weight excluding hydrogens is 408 g/mol. The smallest absolute Gasteiger partial charge is 0.0962 e. The molecule has 2 heterocycles. The van der Waals surface area contributed by atoms with Crippen LogP contribution >= 0.6 is 23.1 Å². The van der Waals surface area contributed by atoms with E-state index in [-0.39, 0.29) is 0 Å². The summed E-state index contributed by atoms with van der Waals surface area (Å²) in [6, 6.07) is 11.4. The molecule has 0 unspecified atom stereocenters. The number of thiazole rings is 1. The average molecular weight is 437 g/mol. The van der Waals surface area contributed by atoms with E-state index < -0.39 is 0 Å². The van der Waals surface area contributed by atoms with E-state index in [9.17, 15) is 0 Å². The van der Waals surface area contributed by atoms with Crippen molar-refractivity contribution in [3.05, 3.63) is 53.9 Å². The maximum absolute atomic E-state index is 4.86. The molecule has 2 aliphatic rings. The van der Waals surface area contributed by atoms with Gasteiger partial charge in [0.05, 0.1) is 21.8 Å². The van der Waals surface area contributed by atoms with Gasteiger partial charge in [-0.1, -0.05) is 6.07 Å². The van der Waals surface area contributed by atoms with Crippen molar-refractivity contribution < 1.29 is 0 Å². The van der Waals surface area contributed by atoms with Gasteiger partial charge in [-0.25, -0.2) is 4.98 Å². The van der Waals surface area contributed by atoms with Crippen molar-refractivity contribution in [3.8, 4) is 10.4 Å². The molecular formula is C24H28N4S2.